The molecule has 0 aromatic carbocycles. The first kappa shape index (κ1) is 17.1. The van der Waals surface area contributed by atoms with E-state index in [9.17, 15) is 9.59 Å². The molecule has 1 amide bonds. The predicted octanol–water partition coefficient (Wildman–Crippen LogP) is 0.0865. The van der Waals surface area contributed by atoms with Gasteiger partial charge in [0.2, 0.25) is 0 Å². The van der Waals surface area contributed by atoms with E-state index in [4.69, 9.17) is 0 Å². The van der Waals surface area contributed by atoms with Crippen molar-refractivity contribution in [3.63, 3.8) is 0 Å². The number of carbonyl (C=O) groups excluding carboxylic acids is 1. The summed E-state index contributed by atoms with van der Waals surface area (Å²) in [6.07, 6.45) is 1.68. The van der Waals surface area contributed by atoms with Gasteiger partial charge < -0.3 is 15.2 Å². The summed E-state index contributed by atoms with van der Waals surface area (Å²) in [5.74, 6) is 0.158. The number of piperazine rings is 1. The van der Waals surface area contributed by atoms with E-state index in [2.05, 4.69) is 46.0 Å². The lowest BCUT2D eigenvalue weighted by molar-refractivity contribution is 0.0931. The van der Waals surface area contributed by atoms with Crippen LogP contribution in [0.4, 0.5) is 0 Å². The molecule has 1 aromatic heterocycles. The Labute approximate surface area is 142 Å². The lowest BCUT2D eigenvalue weighted by Crippen LogP contribution is -2.48. The molecule has 2 aliphatic rings. The lowest BCUT2D eigenvalue weighted by Gasteiger charge is -2.34. The number of aromatic nitrogens is 2. The number of hydrogen-bond acceptors (Lipinski definition) is 5. The fourth-order valence-corrected chi connectivity index (χ4v) is 3.74. The Bertz CT molecular complexity index is 657. The zero-order valence-electron chi connectivity index (χ0n) is 14.7. The number of nitrogens with zero attached hydrogens (tertiary/aromatic N) is 3. The average molecular weight is 333 g/mol. The molecule has 2 aliphatic heterocycles. The van der Waals surface area contributed by atoms with Crippen LogP contribution in [0.5, 0.6) is 0 Å². The van der Waals surface area contributed by atoms with Gasteiger partial charge in [0.05, 0.1) is 0 Å². The number of carbonyl (C=O) groups is 1. The summed E-state index contributed by atoms with van der Waals surface area (Å²) < 4.78 is 0. The fourth-order valence-electron chi connectivity index (χ4n) is 3.74. The van der Waals surface area contributed by atoms with Crippen molar-refractivity contribution in [3.05, 3.63) is 27.9 Å². The van der Waals surface area contributed by atoms with E-state index in [1.54, 1.807) is 6.07 Å². The maximum atomic E-state index is 12.5. The van der Waals surface area contributed by atoms with Gasteiger partial charge in [-0.05, 0) is 31.9 Å². The number of nitrogens with one attached hydrogen (secondary N) is 2. The molecule has 0 aliphatic carbocycles. The van der Waals surface area contributed by atoms with E-state index in [1.165, 1.54) is 0 Å². The Morgan fingerprint density at radius 1 is 1.42 bits per heavy atom. The molecule has 2 N–H and O–H groups in total. The molecule has 24 heavy (non-hydrogen) atoms. The number of rotatable bonds is 4. The summed E-state index contributed by atoms with van der Waals surface area (Å²) in [5.41, 5.74) is 0.528. The molecule has 0 unspecified atom stereocenters. The second-order valence-corrected chi connectivity index (χ2v) is 7.51. The molecule has 0 bridgehead atoms. The molecular weight excluding hydrogens is 306 g/mol. The Hall–Kier alpha value is -1.73. The Balaban J connectivity index is 1.65. The van der Waals surface area contributed by atoms with Crippen molar-refractivity contribution in [1.82, 2.24) is 25.1 Å². The van der Waals surface area contributed by atoms with E-state index in [1.807, 2.05) is 0 Å². The highest BCUT2D eigenvalue weighted by Crippen LogP contribution is 2.21. The van der Waals surface area contributed by atoms with Gasteiger partial charge in [-0.1, -0.05) is 13.8 Å². The molecule has 132 valence electrons. The summed E-state index contributed by atoms with van der Waals surface area (Å²) in [7, 11) is 2.14. The highest BCUT2D eigenvalue weighted by Gasteiger charge is 2.35. The van der Waals surface area contributed by atoms with Gasteiger partial charge in [0.1, 0.15) is 5.69 Å². The summed E-state index contributed by atoms with van der Waals surface area (Å²) in [6.45, 7) is 8.20. The van der Waals surface area contributed by atoms with Crippen molar-refractivity contribution in [3.8, 4) is 0 Å². The van der Waals surface area contributed by atoms with Gasteiger partial charge in [-0.2, -0.15) is 4.98 Å². The van der Waals surface area contributed by atoms with Crippen molar-refractivity contribution >= 4 is 5.91 Å². The zero-order valence-corrected chi connectivity index (χ0v) is 14.7. The third kappa shape index (κ3) is 4.02. The maximum Gasteiger partial charge on any atom is 0.345 e. The van der Waals surface area contributed by atoms with E-state index in [-0.39, 0.29) is 17.6 Å². The van der Waals surface area contributed by atoms with Crippen LogP contribution in [0, 0.1) is 5.92 Å². The van der Waals surface area contributed by atoms with Gasteiger partial charge in [-0.25, -0.2) is 4.79 Å². The van der Waals surface area contributed by atoms with E-state index < -0.39 is 5.69 Å². The first-order valence-electron chi connectivity index (χ1n) is 8.74. The van der Waals surface area contributed by atoms with Crippen molar-refractivity contribution < 1.29 is 4.79 Å². The Kier molecular flexibility index (Phi) is 5.01. The van der Waals surface area contributed by atoms with Gasteiger partial charge in [0, 0.05) is 44.0 Å². The molecule has 2 fully saturated rings. The summed E-state index contributed by atoms with van der Waals surface area (Å²) in [6, 6.07) is 2.34. The predicted molar refractivity (Wildman–Crippen MR) is 92.1 cm³/mol. The second-order valence-electron chi connectivity index (χ2n) is 7.51. The molecule has 2 saturated heterocycles. The number of amides is 1. The number of aromatic amines is 1. The van der Waals surface area contributed by atoms with Gasteiger partial charge in [-0.3, -0.25) is 9.69 Å². The topological polar surface area (TPSA) is 81.3 Å². The Morgan fingerprint density at radius 2 is 2.21 bits per heavy atom. The molecule has 7 heteroatoms. The molecule has 3 rings (SSSR count). The largest absolute Gasteiger partial charge is 0.347 e. The van der Waals surface area contributed by atoms with Gasteiger partial charge >= 0.3 is 5.69 Å². The van der Waals surface area contributed by atoms with Crippen LogP contribution in [0.15, 0.2) is 10.9 Å². The third-order valence-corrected chi connectivity index (χ3v) is 4.82. The SMILES string of the molecule is CC(C)Cc1cc(C(=O)N[C@H]2C[C@H]3CN(C)CCN3C2)nc(=O)[nH]1. The minimum absolute atomic E-state index is 0.128. The molecule has 7 nitrogen and oxygen atoms in total. The van der Waals surface area contributed by atoms with E-state index in [0.717, 1.165) is 44.7 Å². The first-order valence-corrected chi connectivity index (χ1v) is 8.74. The van der Waals surface area contributed by atoms with Crippen LogP contribution < -0.4 is 11.0 Å². The van der Waals surface area contributed by atoms with Gasteiger partial charge in [0.25, 0.3) is 5.91 Å². The standard InChI is InChI=1S/C17H27N5O2/c1-11(2)6-12-8-15(20-17(24)19-12)16(23)18-13-7-14-10-21(3)4-5-22(14)9-13/h8,11,13-14H,4-7,9-10H2,1-3H3,(H,18,23)(H,19,20,24)/t13-,14-/m0/s1. The third-order valence-electron chi connectivity index (χ3n) is 4.82. The van der Waals surface area contributed by atoms with Gasteiger partial charge in [0.15, 0.2) is 0 Å². The zero-order chi connectivity index (χ0) is 17.3. The van der Waals surface area contributed by atoms with Crippen LogP contribution in [0.1, 0.15) is 36.5 Å². The fraction of sp³-hybridized carbons (Fsp3) is 0.706. The number of fused-ring (bicyclic) bond motifs is 1. The van der Waals surface area contributed by atoms with Crippen LogP contribution in [-0.4, -0.2) is 71.0 Å². The smallest absolute Gasteiger partial charge is 0.345 e. The first-order chi connectivity index (χ1) is 11.4. The van der Waals surface area contributed by atoms with E-state index in [0.29, 0.717) is 12.0 Å². The number of hydrogen-bond donors (Lipinski definition) is 2. The summed E-state index contributed by atoms with van der Waals surface area (Å²) >= 11 is 0. The molecule has 0 radical (unpaired) electrons. The van der Waals surface area contributed by atoms with Crippen LogP contribution in [-0.2, 0) is 6.42 Å². The molecule has 0 spiro atoms. The monoisotopic (exact) mass is 333 g/mol. The minimum atomic E-state index is -0.455. The average Bonchev–Trinajstić information content (AvgIpc) is 2.87. The normalized spacial score (nSPS) is 25.0. The van der Waals surface area contributed by atoms with Crippen molar-refractivity contribution in [1.29, 1.82) is 0 Å². The van der Waals surface area contributed by atoms with E-state index >= 15 is 0 Å². The highest BCUT2D eigenvalue weighted by atomic mass is 16.2. The van der Waals surface area contributed by atoms with Crippen LogP contribution in [0.3, 0.4) is 0 Å². The highest BCUT2D eigenvalue weighted by molar-refractivity contribution is 5.92. The molecular formula is C17H27N5O2. The second kappa shape index (κ2) is 7.03. The quantitative estimate of drug-likeness (QED) is 0.816. The number of likely N-dealkylation sites (N-methyl/N-ethyl adjacent to an activating group) is 1. The van der Waals surface area contributed by atoms with Gasteiger partial charge in [-0.15, -0.1) is 0 Å². The molecule has 2 atom stereocenters. The van der Waals surface area contributed by atoms with Crippen molar-refractivity contribution in [2.75, 3.05) is 33.2 Å². The van der Waals surface area contributed by atoms with Crippen LogP contribution >= 0.6 is 0 Å². The molecule has 1 aromatic rings. The summed E-state index contributed by atoms with van der Waals surface area (Å²) in [4.78, 5) is 35.6. The maximum absolute atomic E-state index is 12.5. The minimum Gasteiger partial charge on any atom is -0.347 e. The lowest BCUT2D eigenvalue weighted by atomic mass is 10.1. The summed E-state index contributed by atoms with van der Waals surface area (Å²) in [5, 5.41) is 3.06. The van der Waals surface area contributed by atoms with Crippen molar-refractivity contribution in [2.45, 2.75) is 38.8 Å². The van der Waals surface area contributed by atoms with Crippen LogP contribution in [0.2, 0.25) is 0 Å². The number of H-pyrrole nitrogens is 1. The molecule has 0 saturated carbocycles. The Morgan fingerprint density at radius 3 is 2.96 bits per heavy atom. The molecule has 3 heterocycles. The van der Waals surface area contributed by atoms with Crippen molar-refractivity contribution in [2.24, 2.45) is 5.92 Å². The van der Waals surface area contributed by atoms with Crippen LogP contribution in [0.25, 0.3) is 0 Å².